The summed E-state index contributed by atoms with van der Waals surface area (Å²) in [6.07, 6.45) is 2.36. The molecular weight excluding hydrogens is 322 g/mol. The third-order valence-electron chi connectivity index (χ3n) is 5.30. The van der Waals surface area contributed by atoms with Gasteiger partial charge >= 0.3 is 5.97 Å². The number of methoxy groups -OCH3 is 1. The molecule has 6 nitrogen and oxygen atoms in total. The molecule has 0 unspecified atom stereocenters. The van der Waals surface area contributed by atoms with Gasteiger partial charge in [0, 0.05) is 19.7 Å². The highest BCUT2D eigenvalue weighted by atomic mass is 16.5. The molecule has 0 aromatic heterocycles. The Morgan fingerprint density at radius 1 is 1.28 bits per heavy atom. The minimum atomic E-state index is -0.765. The molecule has 1 aromatic carbocycles. The van der Waals surface area contributed by atoms with Gasteiger partial charge in [-0.25, -0.2) is 0 Å². The normalized spacial score (nSPS) is 24.3. The molecule has 2 fully saturated rings. The Morgan fingerprint density at radius 3 is 2.72 bits per heavy atom. The lowest BCUT2D eigenvalue weighted by Gasteiger charge is -2.35. The fraction of sp³-hybridized carbons (Fsp3) is 0.579. The molecule has 6 heteroatoms. The average molecular weight is 347 g/mol. The van der Waals surface area contributed by atoms with Gasteiger partial charge in [0.2, 0.25) is 5.91 Å². The minimum absolute atomic E-state index is 0.105. The van der Waals surface area contributed by atoms with Gasteiger partial charge in [-0.05, 0) is 42.9 Å². The Labute approximate surface area is 147 Å². The molecule has 0 bridgehead atoms. The summed E-state index contributed by atoms with van der Waals surface area (Å²) in [6, 6.07) is 7.56. The second kappa shape index (κ2) is 7.87. The highest BCUT2D eigenvalue weighted by molar-refractivity contribution is 5.79. The van der Waals surface area contributed by atoms with Gasteiger partial charge in [-0.2, -0.15) is 0 Å². The number of benzene rings is 1. The first-order valence-corrected chi connectivity index (χ1v) is 8.83. The van der Waals surface area contributed by atoms with E-state index in [-0.39, 0.29) is 17.9 Å². The van der Waals surface area contributed by atoms with E-state index in [4.69, 9.17) is 9.47 Å². The predicted octanol–water partition coefficient (Wildman–Crippen LogP) is 1.97. The maximum Gasteiger partial charge on any atom is 0.309 e. The largest absolute Gasteiger partial charge is 0.497 e. The number of carbonyl (C=O) groups is 2. The van der Waals surface area contributed by atoms with Crippen LogP contribution in [-0.4, -0.2) is 54.8 Å². The lowest BCUT2D eigenvalue weighted by molar-refractivity contribution is -0.145. The van der Waals surface area contributed by atoms with Gasteiger partial charge in [0.05, 0.1) is 25.6 Å². The Morgan fingerprint density at radius 2 is 2.04 bits per heavy atom. The van der Waals surface area contributed by atoms with Crippen molar-refractivity contribution >= 4 is 11.9 Å². The summed E-state index contributed by atoms with van der Waals surface area (Å²) in [7, 11) is 1.61. The van der Waals surface area contributed by atoms with Crippen LogP contribution in [0.3, 0.4) is 0 Å². The zero-order chi connectivity index (χ0) is 17.8. The smallest absolute Gasteiger partial charge is 0.309 e. The highest BCUT2D eigenvalue weighted by Gasteiger charge is 2.40. The number of amides is 1. The molecule has 1 N–H and O–H groups in total. The first-order chi connectivity index (χ1) is 12.1. The molecule has 0 saturated carbocycles. The van der Waals surface area contributed by atoms with Crippen LogP contribution in [0.5, 0.6) is 5.75 Å². The molecule has 3 rings (SSSR count). The summed E-state index contributed by atoms with van der Waals surface area (Å²) in [5.74, 6) is -0.0801. The van der Waals surface area contributed by atoms with Crippen molar-refractivity contribution in [3.8, 4) is 5.75 Å². The molecule has 0 spiro atoms. The lowest BCUT2D eigenvalue weighted by Crippen LogP contribution is -2.43. The molecule has 0 aliphatic carbocycles. The van der Waals surface area contributed by atoms with E-state index in [9.17, 15) is 14.7 Å². The highest BCUT2D eigenvalue weighted by Crippen LogP contribution is 2.33. The van der Waals surface area contributed by atoms with E-state index >= 15 is 0 Å². The fourth-order valence-corrected chi connectivity index (χ4v) is 3.89. The van der Waals surface area contributed by atoms with Crippen LogP contribution in [0.4, 0.5) is 0 Å². The molecule has 2 aliphatic heterocycles. The van der Waals surface area contributed by atoms with E-state index in [0.29, 0.717) is 32.5 Å². The van der Waals surface area contributed by atoms with Crippen LogP contribution in [0.15, 0.2) is 24.3 Å². The zero-order valence-electron chi connectivity index (χ0n) is 14.5. The van der Waals surface area contributed by atoms with E-state index < -0.39 is 11.9 Å². The Hall–Kier alpha value is -2.08. The van der Waals surface area contributed by atoms with Crippen molar-refractivity contribution in [2.24, 2.45) is 11.8 Å². The Balaban J connectivity index is 1.53. The van der Waals surface area contributed by atoms with Crippen LogP contribution in [-0.2, 0) is 20.7 Å². The molecule has 2 saturated heterocycles. The number of rotatable bonds is 5. The number of aliphatic carboxylic acids is 1. The van der Waals surface area contributed by atoms with Crippen LogP contribution >= 0.6 is 0 Å². The van der Waals surface area contributed by atoms with E-state index in [1.54, 1.807) is 7.11 Å². The summed E-state index contributed by atoms with van der Waals surface area (Å²) >= 11 is 0. The summed E-state index contributed by atoms with van der Waals surface area (Å²) in [4.78, 5) is 25.7. The maximum absolute atomic E-state index is 12.5. The SMILES string of the molecule is COc1cccc(CC(=O)N2CCC([C@@H]3OCC[C@H]3C(=O)O)CC2)c1. The molecular formula is C19H25NO5. The summed E-state index contributed by atoms with van der Waals surface area (Å²) in [5, 5.41) is 9.31. The van der Waals surface area contributed by atoms with Crippen molar-refractivity contribution in [3.05, 3.63) is 29.8 Å². The van der Waals surface area contributed by atoms with Crippen molar-refractivity contribution in [2.45, 2.75) is 31.8 Å². The van der Waals surface area contributed by atoms with Crippen molar-refractivity contribution < 1.29 is 24.2 Å². The Kier molecular flexibility index (Phi) is 5.58. The molecule has 2 heterocycles. The number of carboxylic acids is 1. The average Bonchev–Trinajstić information content (AvgIpc) is 3.12. The molecule has 1 amide bonds. The van der Waals surface area contributed by atoms with E-state index in [2.05, 4.69) is 0 Å². The summed E-state index contributed by atoms with van der Waals surface area (Å²) in [6.45, 7) is 1.86. The molecule has 1 aromatic rings. The standard InChI is InChI=1S/C19H25NO5/c1-24-15-4-2-3-13(11-15)12-17(21)20-8-5-14(6-9-20)18-16(19(22)23)7-10-25-18/h2-4,11,14,16,18H,5-10,12H2,1H3,(H,22,23)/t16-,18+/m1/s1. The Bertz CT molecular complexity index is 624. The first-order valence-electron chi connectivity index (χ1n) is 8.83. The fourth-order valence-electron chi connectivity index (χ4n) is 3.89. The quantitative estimate of drug-likeness (QED) is 0.881. The second-order valence-corrected chi connectivity index (χ2v) is 6.82. The molecule has 2 aliphatic rings. The monoisotopic (exact) mass is 347 g/mol. The topological polar surface area (TPSA) is 76.1 Å². The van der Waals surface area contributed by atoms with Gasteiger partial charge in [-0.1, -0.05) is 12.1 Å². The second-order valence-electron chi connectivity index (χ2n) is 6.82. The summed E-state index contributed by atoms with van der Waals surface area (Å²) in [5.41, 5.74) is 0.941. The van der Waals surface area contributed by atoms with Crippen LogP contribution in [0.2, 0.25) is 0 Å². The molecule has 0 radical (unpaired) electrons. The maximum atomic E-state index is 12.5. The molecule has 136 valence electrons. The predicted molar refractivity (Wildman–Crippen MR) is 91.5 cm³/mol. The molecule has 2 atom stereocenters. The third kappa shape index (κ3) is 4.12. The van der Waals surface area contributed by atoms with Crippen molar-refractivity contribution in [3.63, 3.8) is 0 Å². The molecule has 25 heavy (non-hydrogen) atoms. The number of carbonyl (C=O) groups excluding carboxylic acids is 1. The number of piperidine rings is 1. The number of hydrogen-bond donors (Lipinski definition) is 1. The van der Waals surface area contributed by atoms with Crippen molar-refractivity contribution in [1.29, 1.82) is 0 Å². The number of carboxylic acid groups (broad SMARTS) is 1. The third-order valence-corrected chi connectivity index (χ3v) is 5.30. The number of ether oxygens (including phenoxy) is 2. The number of nitrogens with zero attached hydrogens (tertiary/aromatic N) is 1. The van der Waals surface area contributed by atoms with Gasteiger partial charge in [0.1, 0.15) is 5.75 Å². The van der Waals surface area contributed by atoms with Gasteiger partial charge in [-0.15, -0.1) is 0 Å². The van der Waals surface area contributed by atoms with Crippen LogP contribution in [0.25, 0.3) is 0 Å². The van der Waals surface area contributed by atoms with Gasteiger partial charge in [0.15, 0.2) is 0 Å². The minimum Gasteiger partial charge on any atom is -0.497 e. The van der Waals surface area contributed by atoms with Crippen LogP contribution in [0.1, 0.15) is 24.8 Å². The summed E-state index contributed by atoms with van der Waals surface area (Å²) < 4.78 is 10.9. The van der Waals surface area contributed by atoms with Crippen LogP contribution in [0, 0.1) is 11.8 Å². The van der Waals surface area contributed by atoms with E-state index in [0.717, 1.165) is 24.2 Å². The van der Waals surface area contributed by atoms with Gasteiger partial charge in [0.25, 0.3) is 0 Å². The van der Waals surface area contributed by atoms with Crippen LogP contribution < -0.4 is 4.74 Å². The number of likely N-dealkylation sites (tertiary alicyclic amines) is 1. The number of hydrogen-bond acceptors (Lipinski definition) is 4. The van der Waals surface area contributed by atoms with Gasteiger partial charge < -0.3 is 19.5 Å². The van der Waals surface area contributed by atoms with E-state index in [1.807, 2.05) is 29.2 Å². The zero-order valence-corrected chi connectivity index (χ0v) is 14.5. The lowest BCUT2D eigenvalue weighted by atomic mass is 9.84. The van der Waals surface area contributed by atoms with Gasteiger partial charge in [-0.3, -0.25) is 9.59 Å². The first kappa shape index (κ1) is 17.7. The van der Waals surface area contributed by atoms with E-state index in [1.165, 1.54) is 0 Å². The van der Waals surface area contributed by atoms with Crippen molar-refractivity contribution in [1.82, 2.24) is 4.90 Å². The van der Waals surface area contributed by atoms with Crippen molar-refractivity contribution in [2.75, 3.05) is 26.8 Å².